The molecule has 0 saturated carbocycles. The highest BCUT2D eigenvalue weighted by Gasteiger charge is 2.33. The minimum Gasteiger partial charge on any atom is -0.355 e. The maximum absolute atomic E-state index is 13.1. The lowest BCUT2D eigenvalue weighted by molar-refractivity contribution is -0.138. The Balaban J connectivity index is 1.81. The van der Waals surface area contributed by atoms with Crippen LogP contribution >= 0.6 is 0 Å². The summed E-state index contributed by atoms with van der Waals surface area (Å²) in [6.45, 7) is 3.10. The molecule has 7 heteroatoms. The monoisotopic (exact) mass is 346 g/mol. The molecule has 25 heavy (non-hydrogen) atoms. The number of rotatable bonds is 2. The molecule has 0 atom stereocenters. The number of pyridine rings is 1. The van der Waals surface area contributed by atoms with E-state index >= 15 is 0 Å². The summed E-state index contributed by atoms with van der Waals surface area (Å²) in [5.74, 6) is 0. The molecule has 0 amide bonds. The summed E-state index contributed by atoms with van der Waals surface area (Å²) in [5.41, 5.74) is 3.78. The summed E-state index contributed by atoms with van der Waals surface area (Å²) < 4.78 is 39.4. The fourth-order valence-corrected chi connectivity index (χ4v) is 3.39. The van der Waals surface area contributed by atoms with Crippen molar-refractivity contribution in [2.45, 2.75) is 26.1 Å². The normalized spacial score (nSPS) is 14.6. The van der Waals surface area contributed by atoms with Gasteiger partial charge in [0, 0.05) is 42.5 Å². The Morgan fingerprint density at radius 3 is 2.80 bits per heavy atom. The largest absolute Gasteiger partial charge is 0.416 e. The molecule has 0 spiro atoms. The molecule has 0 radical (unpaired) electrons. The highest BCUT2D eigenvalue weighted by Crippen LogP contribution is 2.37. The molecule has 0 saturated heterocycles. The van der Waals surface area contributed by atoms with Crippen LogP contribution < -0.4 is 10.6 Å². The first kappa shape index (κ1) is 16.0. The van der Waals surface area contributed by atoms with E-state index in [9.17, 15) is 13.2 Å². The third-order valence-electron chi connectivity index (χ3n) is 4.65. The first-order valence-corrected chi connectivity index (χ1v) is 8.08. The summed E-state index contributed by atoms with van der Waals surface area (Å²) in [7, 11) is 0. The van der Waals surface area contributed by atoms with Gasteiger partial charge in [0.05, 0.1) is 11.3 Å². The minimum atomic E-state index is -4.37. The molecule has 4 nitrogen and oxygen atoms in total. The van der Waals surface area contributed by atoms with Gasteiger partial charge in [-0.3, -0.25) is 0 Å². The van der Waals surface area contributed by atoms with Crippen LogP contribution in [0, 0.1) is 6.92 Å². The Morgan fingerprint density at radius 1 is 1.16 bits per heavy atom. The van der Waals surface area contributed by atoms with Gasteiger partial charge in [0.1, 0.15) is 5.65 Å². The maximum Gasteiger partial charge on any atom is 0.416 e. The van der Waals surface area contributed by atoms with Crippen molar-refractivity contribution >= 4 is 22.4 Å². The smallest absolute Gasteiger partial charge is 0.355 e. The van der Waals surface area contributed by atoms with Gasteiger partial charge in [-0.05, 0) is 36.2 Å². The molecule has 0 fully saturated rings. The Labute approximate surface area is 142 Å². The predicted octanol–water partition coefficient (Wildman–Crippen LogP) is 4.28. The van der Waals surface area contributed by atoms with Crippen LogP contribution in [-0.4, -0.2) is 16.5 Å². The zero-order valence-electron chi connectivity index (χ0n) is 13.6. The quantitative estimate of drug-likeness (QED) is 0.649. The Hall–Kier alpha value is -2.54. The van der Waals surface area contributed by atoms with Crippen LogP contribution in [0.5, 0.6) is 0 Å². The molecule has 3 aromatic rings. The number of hydrogen-bond acceptors (Lipinski definition) is 3. The molecule has 0 aliphatic carbocycles. The molecule has 1 aliphatic rings. The van der Waals surface area contributed by atoms with Crippen LogP contribution in [0.15, 0.2) is 30.5 Å². The number of anilines is 2. The number of halogens is 3. The van der Waals surface area contributed by atoms with Gasteiger partial charge in [0.25, 0.3) is 0 Å². The molecule has 2 aromatic heterocycles. The number of hydrogen-bond donors (Lipinski definition) is 3. The molecule has 1 aromatic carbocycles. The van der Waals surface area contributed by atoms with Crippen molar-refractivity contribution in [2.75, 3.05) is 11.9 Å². The van der Waals surface area contributed by atoms with E-state index in [4.69, 9.17) is 0 Å². The summed E-state index contributed by atoms with van der Waals surface area (Å²) in [5, 5.41) is 7.43. The number of nitrogens with one attached hydrogen (secondary N) is 3. The highest BCUT2D eigenvalue weighted by atomic mass is 19.4. The average Bonchev–Trinajstić information content (AvgIpc) is 2.95. The molecule has 3 N–H and O–H groups in total. The molecule has 130 valence electrons. The van der Waals surface area contributed by atoms with E-state index in [0.29, 0.717) is 5.69 Å². The first-order chi connectivity index (χ1) is 11.9. The number of aromatic amines is 1. The number of nitrogens with zero attached hydrogens (tertiary/aromatic N) is 1. The van der Waals surface area contributed by atoms with E-state index in [0.717, 1.165) is 53.6 Å². The lowest BCUT2D eigenvalue weighted by atomic mass is 10.0. The first-order valence-electron chi connectivity index (χ1n) is 8.08. The average molecular weight is 346 g/mol. The van der Waals surface area contributed by atoms with Crippen molar-refractivity contribution in [3.8, 4) is 0 Å². The molecule has 3 heterocycles. The standard InChI is InChI=1S/C18H17F3N4/c1-10-12(18(19,20)21)3-2-4-13(10)24-15-6-8-23-17-16(15)11-9-22-7-5-14(11)25-17/h2-4,6,8,22H,5,7,9H2,1H3,(H2,23,24,25). The summed E-state index contributed by atoms with van der Waals surface area (Å²) in [4.78, 5) is 7.69. The van der Waals surface area contributed by atoms with Gasteiger partial charge < -0.3 is 15.6 Å². The Morgan fingerprint density at radius 2 is 2.00 bits per heavy atom. The third-order valence-corrected chi connectivity index (χ3v) is 4.65. The van der Waals surface area contributed by atoms with Crippen molar-refractivity contribution in [3.05, 3.63) is 52.8 Å². The topological polar surface area (TPSA) is 52.7 Å². The molecular formula is C18H17F3N4. The van der Waals surface area contributed by atoms with E-state index in [1.165, 1.54) is 13.0 Å². The van der Waals surface area contributed by atoms with Crippen LogP contribution in [0.25, 0.3) is 11.0 Å². The van der Waals surface area contributed by atoms with Crippen LogP contribution in [-0.2, 0) is 19.1 Å². The fraction of sp³-hybridized carbons (Fsp3) is 0.278. The van der Waals surface area contributed by atoms with E-state index in [1.54, 1.807) is 18.3 Å². The summed E-state index contributed by atoms with van der Waals surface area (Å²) >= 11 is 0. The van der Waals surface area contributed by atoms with Crippen molar-refractivity contribution in [2.24, 2.45) is 0 Å². The number of fused-ring (bicyclic) bond motifs is 3. The summed E-state index contributed by atoms with van der Waals surface area (Å²) in [6, 6.07) is 5.98. The zero-order chi connectivity index (χ0) is 17.6. The lowest BCUT2D eigenvalue weighted by Gasteiger charge is -2.17. The number of H-pyrrole nitrogens is 1. The molecular weight excluding hydrogens is 329 g/mol. The van der Waals surface area contributed by atoms with Gasteiger partial charge in [0.15, 0.2) is 0 Å². The zero-order valence-corrected chi connectivity index (χ0v) is 13.6. The lowest BCUT2D eigenvalue weighted by Crippen LogP contribution is -2.23. The summed E-state index contributed by atoms with van der Waals surface area (Å²) in [6.07, 6.45) is -1.83. The number of aromatic nitrogens is 2. The predicted molar refractivity (Wildman–Crippen MR) is 91.0 cm³/mol. The number of benzene rings is 1. The van der Waals surface area contributed by atoms with Gasteiger partial charge in [-0.1, -0.05) is 6.07 Å². The molecule has 0 bridgehead atoms. The highest BCUT2D eigenvalue weighted by molar-refractivity contribution is 5.95. The Bertz CT molecular complexity index is 943. The van der Waals surface area contributed by atoms with Crippen LogP contribution in [0.4, 0.5) is 24.5 Å². The van der Waals surface area contributed by atoms with Gasteiger partial charge in [-0.25, -0.2) is 4.98 Å². The van der Waals surface area contributed by atoms with Gasteiger partial charge in [-0.15, -0.1) is 0 Å². The van der Waals surface area contributed by atoms with E-state index in [1.807, 2.05) is 0 Å². The van der Waals surface area contributed by atoms with Crippen LogP contribution in [0.2, 0.25) is 0 Å². The van der Waals surface area contributed by atoms with Gasteiger partial charge in [-0.2, -0.15) is 13.2 Å². The van der Waals surface area contributed by atoms with Crippen LogP contribution in [0.3, 0.4) is 0 Å². The van der Waals surface area contributed by atoms with Crippen LogP contribution in [0.1, 0.15) is 22.4 Å². The van der Waals surface area contributed by atoms with Crippen molar-refractivity contribution in [3.63, 3.8) is 0 Å². The molecule has 0 unspecified atom stereocenters. The fourth-order valence-electron chi connectivity index (χ4n) is 3.39. The van der Waals surface area contributed by atoms with E-state index in [2.05, 4.69) is 20.6 Å². The van der Waals surface area contributed by atoms with Gasteiger partial charge in [0.2, 0.25) is 0 Å². The minimum absolute atomic E-state index is 0.183. The second-order valence-corrected chi connectivity index (χ2v) is 6.19. The third kappa shape index (κ3) is 2.74. The number of alkyl halides is 3. The van der Waals surface area contributed by atoms with Gasteiger partial charge >= 0.3 is 6.18 Å². The second-order valence-electron chi connectivity index (χ2n) is 6.19. The van der Waals surface area contributed by atoms with Crippen molar-refractivity contribution in [1.29, 1.82) is 0 Å². The van der Waals surface area contributed by atoms with E-state index in [-0.39, 0.29) is 5.56 Å². The van der Waals surface area contributed by atoms with Crippen molar-refractivity contribution in [1.82, 2.24) is 15.3 Å². The maximum atomic E-state index is 13.1. The van der Waals surface area contributed by atoms with Crippen molar-refractivity contribution < 1.29 is 13.2 Å². The SMILES string of the molecule is Cc1c(Nc2ccnc3[nH]c4c(c23)CNCC4)cccc1C(F)(F)F. The second kappa shape index (κ2) is 5.77. The molecule has 4 rings (SSSR count). The van der Waals surface area contributed by atoms with E-state index < -0.39 is 11.7 Å². The molecule has 1 aliphatic heterocycles. The Kier molecular flexibility index (Phi) is 3.68.